The van der Waals surface area contributed by atoms with Crippen molar-refractivity contribution in [1.29, 1.82) is 0 Å². The van der Waals surface area contributed by atoms with Crippen molar-refractivity contribution in [2.45, 2.75) is 10.8 Å². The van der Waals surface area contributed by atoms with E-state index in [1.807, 2.05) is 30.3 Å². The molecule has 0 aliphatic heterocycles. The van der Waals surface area contributed by atoms with Gasteiger partial charge in [-0.15, -0.1) is 16.8 Å². The molecule has 1 amide bonds. The van der Waals surface area contributed by atoms with Gasteiger partial charge in [-0.1, -0.05) is 59.5 Å². The van der Waals surface area contributed by atoms with Crippen LogP contribution in [-0.2, 0) is 11.2 Å². The standard InChI is InChI=1S/C13H13N3OS2/c1-2-8-18-13-16-15-12(19-13)14-11(17)9-10-6-4-3-5-7-10/h2-7H,1,8-9H2,(H,14,15,17). The maximum absolute atomic E-state index is 11.8. The molecule has 0 saturated heterocycles. The van der Waals surface area contributed by atoms with Gasteiger partial charge in [-0.05, 0) is 5.56 Å². The fourth-order valence-electron chi connectivity index (χ4n) is 1.39. The second kappa shape index (κ2) is 7.06. The highest BCUT2D eigenvalue weighted by Gasteiger charge is 2.08. The highest BCUT2D eigenvalue weighted by molar-refractivity contribution is 8.01. The van der Waals surface area contributed by atoms with Crippen molar-refractivity contribution in [2.75, 3.05) is 11.1 Å². The van der Waals surface area contributed by atoms with Crippen LogP contribution < -0.4 is 5.32 Å². The summed E-state index contributed by atoms with van der Waals surface area (Å²) in [4.78, 5) is 11.8. The van der Waals surface area contributed by atoms with Gasteiger partial charge in [0.1, 0.15) is 0 Å². The first kappa shape index (κ1) is 13.8. The van der Waals surface area contributed by atoms with E-state index < -0.39 is 0 Å². The Labute approximate surface area is 120 Å². The predicted molar refractivity (Wildman–Crippen MR) is 79.6 cm³/mol. The summed E-state index contributed by atoms with van der Waals surface area (Å²) in [6.07, 6.45) is 2.15. The van der Waals surface area contributed by atoms with Gasteiger partial charge in [0.2, 0.25) is 11.0 Å². The number of benzene rings is 1. The van der Waals surface area contributed by atoms with Crippen LogP contribution in [0.15, 0.2) is 47.3 Å². The van der Waals surface area contributed by atoms with Crippen molar-refractivity contribution in [2.24, 2.45) is 0 Å². The van der Waals surface area contributed by atoms with E-state index in [4.69, 9.17) is 0 Å². The SMILES string of the molecule is C=CCSc1nnc(NC(=O)Cc2ccccc2)s1. The van der Waals surface area contributed by atoms with Gasteiger partial charge in [0, 0.05) is 5.75 Å². The normalized spacial score (nSPS) is 10.1. The number of nitrogens with one attached hydrogen (secondary N) is 1. The van der Waals surface area contributed by atoms with Crippen LogP contribution in [0.5, 0.6) is 0 Å². The van der Waals surface area contributed by atoms with Gasteiger partial charge >= 0.3 is 0 Å². The molecule has 0 aliphatic rings. The largest absolute Gasteiger partial charge is 0.300 e. The summed E-state index contributed by atoms with van der Waals surface area (Å²) in [6.45, 7) is 3.64. The van der Waals surface area contributed by atoms with E-state index in [-0.39, 0.29) is 5.91 Å². The number of hydrogen-bond donors (Lipinski definition) is 1. The first-order valence-corrected chi connectivity index (χ1v) is 7.49. The van der Waals surface area contributed by atoms with Crippen molar-refractivity contribution in [3.05, 3.63) is 48.6 Å². The quantitative estimate of drug-likeness (QED) is 0.505. The molecular weight excluding hydrogens is 278 g/mol. The zero-order valence-corrected chi connectivity index (χ0v) is 11.8. The number of thioether (sulfide) groups is 1. The van der Waals surface area contributed by atoms with E-state index in [1.54, 1.807) is 17.8 Å². The highest BCUT2D eigenvalue weighted by Crippen LogP contribution is 2.25. The molecule has 98 valence electrons. The van der Waals surface area contributed by atoms with Crippen LogP contribution in [0.25, 0.3) is 0 Å². The molecule has 1 aromatic heterocycles. The van der Waals surface area contributed by atoms with Crippen LogP contribution in [0.1, 0.15) is 5.56 Å². The van der Waals surface area contributed by atoms with Gasteiger partial charge in [0.15, 0.2) is 4.34 Å². The van der Waals surface area contributed by atoms with Crippen LogP contribution in [0.4, 0.5) is 5.13 Å². The summed E-state index contributed by atoms with van der Waals surface area (Å²) < 4.78 is 0.829. The lowest BCUT2D eigenvalue weighted by Crippen LogP contribution is -2.14. The van der Waals surface area contributed by atoms with Crippen molar-refractivity contribution < 1.29 is 4.79 Å². The van der Waals surface area contributed by atoms with Crippen LogP contribution in [0, 0.1) is 0 Å². The molecule has 4 nitrogen and oxygen atoms in total. The number of amides is 1. The minimum atomic E-state index is -0.0809. The number of aromatic nitrogens is 2. The van der Waals surface area contributed by atoms with Crippen molar-refractivity contribution in [3.8, 4) is 0 Å². The molecule has 2 rings (SSSR count). The summed E-state index contributed by atoms with van der Waals surface area (Å²) in [5, 5.41) is 11.2. The lowest BCUT2D eigenvalue weighted by Gasteiger charge is -2.00. The molecule has 0 unspecified atom stereocenters. The third-order valence-electron chi connectivity index (χ3n) is 2.18. The summed E-state index contributed by atoms with van der Waals surface area (Å²) >= 11 is 2.92. The van der Waals surface area contributed by atoms with Gasteiger partial charge in [-0.2, -0.15) is 0 Å². The molecule has 0 fully saturated rings. The lowest BCUT2D eigenvalue weighted by atomic mass is 10.1. The smallest absolute Gasteiger partial charge is 0.230 e. The third-order valence-corrected chi connectivity index (χ3v) is 4.15. The van der Waals surface area contributed by atoms with Crippen LogP contribution in [0.2, 0.25) is 0 Å². The maximum Gasteiger partial charge on any atom is 0.230 e. The molecule has 0 aliphatic carbocycles. The van der Waals surface area contributed by atoms with E-state index in [0.717, 1.165) is 15.7 Å². The van der Waals surface area contributed by atoms with Gasteiger partial charge in [-0.3, -0.25) is 4.79 Å². The average Bonchev–Trinajstić information content (AvgIpc) is 2.85. The minimum Gasteiger partial charge on any atom is -0.300 e. The van der Waals surface area contributed by atoms with Crippen molar-refractivity contribution >= 4 is 34.1 Å². The Morgan fingerprint density at radius 2 is 2.16 bits per heavy atom. The molecule has 0 bridgehead atoms. The van der Waals surface area contributed by atoms with Gasteiger partial charge < -0.3 is 5.32 Å². The summed E-state index contributed by atoms with van der Waals surface area (Å²) in [5.74, 6) is 0.703. The average molecular weight is 291 g/mol. The number of hydrogen-bond acceptors (Lipinski definition) is 5. The first-order chi connectivity index (χ1) is 9.28. The Kier molecular flexibility index (Phi) is 5.11. The summed E-state index contributed by atoms with van der Waals surface area (Å²) in [6, 6.07) is 9.60. The molecule has 1 aromatic carbocycles. The number of carbonyl (C=O) groups excluding carboxylic acids is 1. The molecule has 2 aromatic rings. The van der Waals surface area contributed by atoms with E-state index in [0.29, 0.717) is 11.6 Å². The fraction of sp³-hybridized carbons (Fsp3) is 0.154. The Bertz CT molecular complexity index is 554. The Morgan fingerprint density at radius 3 is 2.89 bits per heavy atom. The molecule has 1 N–H and O–H groups in total. The zero-order chi connectivity index (χ0) is 13.5. The molecule has 0 atom stereocenters. The molecule has 0 saturated carbocycles. The Hall–Kier alpha value is -1.66. The van der Waals surface area contributed by atoms with E-state index in [2.05, 4.69) is 22.1 Å². The molecule has 0 radical (unpaired) electrons. The Morgan fingerprint density at radius 1 is 1.37 bits per heavy atom. The molecule has 1 heterocycles. The molecule has 6 heteroatoms. The van der Waals surface area contributed by atoms with Crippen LogP contribution >= 0.6 is 23.1 Å². The predicted octanol–water partition coefficient (Wildman–Crippen LogP) is 3.00. The van der Waals surface area contributed by atoms with E-state index in [1.165, 1.54) is 11.3 Å². The monoisotopic (exact) mass is 291 g/mol. The summed E-state index contributed by atoms with van der Waals surface area (Å²) in [7, 11) is 0. The van der Waals surface area contributed by atoms with Gasteiger partial charge in [0.05, 0.1) is 6.42 Å². The lowest BCUT2D eigenvalue weighted by molar-refractivity contribution is -0.115. The van der Waals surface area contributed by atoms with Crippen LogP contribution in [0.3, 0.4) is 0 Å². The summed E-state index contributed by atoms with van der Waals surface area (Å²) in [5.41, 5.74) is 0.978. The zero-order valence-electron chi connectivity index (χ0n) is 10.2. The van der Waals surface area contributed by atoms with Gasteiger partial charge in [0.25, 0.3) is 0 Å². The van der Waals surface area contributed by atoms with Crippen molar-refractivity contribution in [1.82, 2.24) is 10.2 Å². The third kappa shape index (κ3) is 4.50. The number of anilines is 1. The minimum absolute atomic E-state index is 0.0809. The number of carbonyl (C=O) groups is 1. The topological polar surface area (TPSA) is 54.9 Å². The Balaban J connectivity index is 1.88. The van der Waals surface area contributed by atoms with E-state index in [9.17, 15) is 4.79 Å². The molecular formula is C13H13N3OS2. The maximum atomic E-state index is 11.8. The van der Waals surface area contributed by atoms with Gasteiger partial charge in [-0.25, -0.2) is 0 Å². The second-order valence-electron chi connectivity index (χ2n) is 3.68. The fourth-order valence-corrected chi connectivity index (χ4v) is 2.92. The molecule has 19 heavy (non-hydrogen) atoms. The highest BCUT2D eigenvalue weighted by atomic mass is 32.2. The second-order valence-corrected chi connectivity index (χ2v) is 5.93. The first-order valence-electron chi connectivity index (χ1n) is 5.69. The van der Waals surface area contributed by atoms with E-state index >= 15 is 0 Å². The van der Waals surface area contributed by atoms with Crippen molar-refractivity contribution in [3.63, 3.8) is 0 Å². The number of rotatable bonds is 6. The number of nitrogens with zero attached hydrogens (tertiary/aromatic N) is 2. The molecule has 0 spiro atoms. The van der Waals surface area contributed by atoms with Crippen LogP contribution in [-0.4, -0.2) is 21.9 Å².